The minimum Gasteiger partial charge on any atom is -0.310 e. The number of rotatable bonds is 12. The van der Waals surface area contributed by atoms with Gasteiger partial charge in [0.15, 0.2) is 0 Å². The van der Waals surface area contributed by atoms with E-state index in [2.05, 4.69) is 311 Å². The van der Waals surface area contributed by atoms with Crippen LogP contribution in [-0.4, -0.2) is 0 Å². The molecule has 12 rings (SSSR count). The summed E-state index contributed by atoms with van der Waals surface area (Å²) in [6.07, 6.45) is 0. The third kappa shape index (κ3) is 8.94. The first-order chi connectivity index (χ1) is 34.7. The smallest absolute Gasteiger partial charge is 0.0468 e. The van der Waals surface area contributed by atoms with Gasteiger partial charge in [-0.3, -0.25) is 0 Å². The standard InChI is InChI=1S/C66H48N4.CH4/c1-4-22-55(23-5-1)68(64-31-28-49-16-10-13-19-52(49)46-64)61-40-34-58(35-41-61)67(59-36-42-62(43-37-59)69(56-24-6-2-7-25-56)65-32-29-50-17-11-14-20-53(50)47-65)60-38-44-63(45-39-60)70(57-26-8-3-9-27-57)66-33-30-51-18-12-15-21-54(51)48-66;/h1-48H;1H4. The average Bonchev–Trinajstić information content (AvgIpc) is 3.43. The van der Waals surface area contributed by atoms with E-state index in [1.54, 1.807) is 0 Å². The van der Waals surface area contributed by atoms with E-state index in [1.807, 2.05) is 0 Å². The second-order valence-electron chi connectivity index (χ2n) is 17.5. The molecule has 0 atom stereocenters. The molecule has 12 aromatic carbocycles. The predicted octanol–water partition coefficient (Wildman–Crippen LogP) is 19.7. The monoisotopic (exact) mass is 912 g/mol. The second kappa shape index (κ2) is 19.7. The lowest BCUT2D eigenvalue weighted by molar-refractivity contribution is 1.24. The van der Waals surface area contributed by atoms with Crippen LogP contribution in [0.5, 0.6) is 0 Å². The Morgan fingerprint density at radius 2 is 0.310 bits per heavy atom. The van der Waals surface area contributed by atoms with Crippen molar-refractivity contribution >= 4 is 101 Å². The quantitative estimate of drug-likeness (QED) is 0.121. The zero-order chi connectivity index (χ0) is 46.6. The molecule has 0 aromatic heterocycles. The van der Waals surface area contributed by atoms with Gasteiger partial charge in [0, 0.05) is 68.2 Å². The Morgan fingerprint density at radius 3 is 0.549 bits per heavy atom. The zero-order valence-corrected chi connectivity index (χ0v) is 38.5. The molecule has 0 radical (unpaired) electrons. The summed E-state index contributed by atoms with van der Waals surface area (Å²) in [5.74, 6) is 0. The van der Waals surface area contributed by atoms with Crippen molar-refractivity contribution in [1.82, 2.24) is 0 Å². The van der Waals surface area contributed by atoms with E-state index in [9.17, 15) is 0 Å². The number of fused-ring (bicyclic) bond motifs is 3. The summed E-state index contributed by atoms with van der Waals surface area (Å²) in [7, 11) is 0. The molecule has 0 aliphatic heterocycles. The number of anilines is 12. The third-order valence-electron chi connectivity index (χ3n) is 13.1. The average molecular weight is 913 g/mol. The SMILES string of the molecule is C.c1ccc(N(c2ccc(N(c3ccc(N(c4ccccc4)c4ccc5ccccc5c4)cc3)c3ccc(N(c4ccccc4)c4ccc5ccccc5c4)cc3)cc2)c2ccc3ccccc3c2)cc1. The zero-order valence-electron chi connectivity index (χ0n) is 38.5. The fourth-order valence-electron chi connectivity index (χ4n) is 9.72. The van der Waals surface area contributed by atoms with Gasteiger partial charge in [-0.2, -0.15) is 0 Å². The molecule has 0 aliphatic rings. The molecule has 4 nitrogen and oxygen atoms in total. The molecule has 0 heterocycles. The van der Waals surface area contributed by atoms with Gasteiger partial charge in [-0.15, -0.1) is 0 Å². The van der Waals surface area contributed by atoms with E-state index >= 15 is 0 Å². The summed E-state index contributed by atoms with van der Waals surface area (Å²) in [5, 5.41) is 7.26. The summed E-state index contributed by atoms with van der Waals surface area (Å²) in [6, 6.07) is 104. The summed E-state index contributed by atoms with van der Waals surface area (Å²) in [5.41, 5.74) is 12.9. The van der Waals surface area contributed by atoms with E-state index in [0.29, 0.717) is 0 Å². The highest BCUT2D eigenvalue weighted by Crippen LogP contribution is 2.44. The van der Waals surface area contributed by atoms with Gasteiger partial charge in [0.05, 0.1) is 0 Å². The maximum Gasteiger partial charge on any atom is 0.0468 e. The van der Waals surface area contributed by atoms with Gasteiger partial charge in [0.25, 0.3) is 0 Å². The highest BCUT2D eigenvalue weighted by atomic mass is 15.2. The molecule has 12 aromatic rings. The van der Waals surface area contributed by atoms with Crippen molar-refractivity contribution in [3.05, 3.63) is 291 Å². The van der Waals surface area contributed by atoms with Gasteiger partial charge in [0.1, 0.15) is 0 Å². The van der Waals surface area contributed by atoms with Crippen molar-refractivity contribution in [3.63, 3.8) is 0 Å². The molecule has 71 heavy (non-hydrogen) atoms. The Bertz CT molecular complexity index is 3310. The number of benzene rings is 12. The van der Waals surface area contributed by atoms with Crippen LogP contribution in [0.15, 0.2) is 291 Å². The Labute approximate surface area is 416 Å². The van der Waals surface area contributed by atoms with Crippen molar-refractivity contribution in [2.24, 2.45) is 0 Å². The van der Waals surface area contributed by atoms with Gasteiger partial charge in [-0.25, -0.2) is 0 Å². The fraction of sp³-hybridized carbons (Fsp3) is 0.0149. The lowest BCUT2D eigenvalue weighted by Gasteiger charge is -2.30. The van der Waals surface area contributed by atoms with Crippen LogP contribution in [0.3, 0.4) is 0 Å². The number of hydrogen-bond acceptors (Lipinski definition) is 4. The topological polar surface area (TPSA) is 13.0 Å². The van der Waals surface area contributed by atoms with Gasteiger partial charge in [-0.05, 0) is 178 Å². The van der Waals surface area contributed by atoms with Crippen LogP contribution in [0.2, 0.25) is 0 Å². The van der Waals surface area contributed by atoms with E-state index in [1.165, 1.54) is 32.3 Å². The Hall–Kier alpha value is -9.38. The highest BCUT2D eigenvalue weighted by Gasteiger charge is 2.20. The summed E-state index contributed by atoms with van der Waals surface area (Å²) in [4.78, 5) is 9.35. The van der Waals surface area contributed by atoms with Gasteiger partial charge in [-0.1, -0.05) is 153 Å². The van der Waals surface area contributed by atoms with Crippen molar-refractivity contribution in [2.45, 2.75) is 7.43 Å². The fourth-order valence-corrected chi connectivity index (χ4v) is 9.72. The van der Waals surface area contributed by atoms with Crippen LogP contribution < -0.4 is 19.6 Å². The van der Waals surface area contributed by atoms with Crippen LogP contribution in [0.1, 0.15) is 7.43 Å². The molecule has 0 N–H and O–H groups in total. The van der Waals surface area contributed by atoms with Gasteiger partial charge in [0.2, 0.25) is 0 Å². The third-order valence-corrected chi connectivity index (χ3v) is 13.1. The largest absolute Gasteiger partial charge is 0.310 e. The molecule has 340 valence electrons. The molecular formula is C67H52N4. The van der Waals surface area contributed by atoms with E-state index in [0.717, 1.165) is 68.2 Å². The molecule has 0 amide bonds. The summed E-state index contributed by atoms with van der Waals surface area (Å²) in [6.45, 7) is 0. The number of nitrogens with zero attached hydrogens (tertiary/aromatic N) is 4. The van der Waals surface area contributed by atoms with Crippen molar-refractivity contribution < 1.29 is 0 Å². The van der Waals surface area contributed by atoms with Crippen molar-refractivity contribution in [1.29, 1.82) is 0 Å². The first-order valence-electron chi connectivity index (χ1n) is 23.8. The van der Waals surface area contributed by atoms with Crippen molar-refractivity contribution in [2.75, 3.05) is 19.6 Å². The van der Waals surface area contributed by atoms with Gasteiger partial charge < -0.3 is 19.6 Å². The molecule has 0 saturated carbocycles. The lowest BCUT2D eigenvalue weighted by Crippen LogP contribution is -2.14. The first kappa shape index (κ1) is 44.1. The molecule has 0 unspecified atom stereocenters. The van der Waals surface area contributed by atoms with Crippen LogP contribution in [0.4, 0.5) is 68.2 Å². The highest BCUT2D eigenvalue weighted by molar-refractivity contribution is 5.93. The maximum absolute atomic E-state index is 2.35. The Balaban J connectivity index is 0.00000547. The Kier molecular flexibility index (Phi) is 12.2. The maximum atomic E-state index is 2.35. The van der Waals surface area contributed by atoms with Gasteiger partial charge >= 0.3 is 0 Å². The summed E-state index contributed by atoms with van der Waals surface area (Å²) >= 11 is 0. The molecular weight excluding hydrogens is 861 g/mol. The first-order valence-corrected chi connectivity index (χ1v) is 23.8. The molecule has 4 heteroatoms. The van der Waals surface area contributed by atoms with E-state index < -0.39 is 0 Å². The van der Waals surface area contributed by atoms with E-state index in [-0.39, 0.29) is 7.43 Å². The summed E-state index contributed by atoms with van der Waals surface area (Å²) < 4.78 is 0. The minimum atomic E-state index is 0. The lowest BCUT2D eigenvalue weighted by atomic mass is 10.1. The number of hydrogen-bond donors (Lipinski definition) is 0. The Morgan fingerprint density at radius 1 is 0.141 bits per heavy atom. The van der Waals surface area contributed by atoms with Crippen molar-refractivity contribution in [3.8, 4) is 0 Å². The molecule has 0 aliphatic carbocycles. The molecule has 0 saturated heterocycles. The molecule has 0 spiro atoms. The van der Waals surface area contributed by atoms with Crippen LogP contribution >= 0.6 is 0 Å². The second-order valence-corrected chi connectivity index (χ2v) is 17.5. The number of para-hydroxylation sites is 3. The van der Waals surface area contributed by atoms with Crippen LogP contribution in [0, 0.1) is 0 Å². The normalized spacial score (nSPS) is 11.0. The molecule has 0 bridgehead atoms. The van der Waals surface area contributed by atoms with E-state index in [4.69, 9.17) is 0 Å². The van der Waals surface area contributed by atoms with Crippen LogP contribution in [0.25, 0.3) is 32.3 Å². The van der Waals surface area contributed by atoms with Crippen LogP contribution in [-0.2, 0) is 0 Å². The minimum absolute atomic E-state index is 0. The predicted molar refractivity (Wildman–Crippen MR) is 304 cm³/mol. The molecule has 0 fully saturated rings.